The topological polar surface area (TPSA) is 85.9 Å². The van der Waals surface area contributed by atoms with Crippen LogP contribution >= 0.6 is 0 Å². The van der Waals surface area contributed by atoms with Crippen molar-refractivity contribution in [2.24, 2.45) is 0 Å². The maximum Gasteiger partial charge on any atom is 0.407 e. The number of benzene rings is 1. The van der Waals surface area contributed by atoms with Gasteiger partial charge < -0.3 is 24.8 Å². The lowest BCUT2D eigenvalue weighted by atomic mass is 10.3. The molecule has 1 aromatic carbocycles. The van der Waals surface area contributed by atoms with Gasteiger partial charge in [0.25, 0.3) is 5.91 Å². The summed E-state index contributed by atoms with van der Waals surface area (Å²) in [5, 5.41) is 5.12. The number of rotatable bonds is 9. The second kappa shape index (κ2) is 10.3. The molecule has 2 amide bonds. The average molecular weight is 310 g/mol. The van der Waals surface area contributed by atoms with Gasteiger partial charge in [-0.1, -0.05) is 0 Å². The Morgan fingerprint density at radius 1 is 0.909 bits per heavy atom. The van der Waals surface area contributed by atoms with Crippen molar-refractivity contribution in [3.63, 3.8) is 0 Å². The number of carbonyl (C=O) groups excluding carboxylic acids is 2. The van der Waals surface area contributed by atoms with Gasteiger partial charge in [0.15, 0.2) is 6.61 Å². The molecule has 0 fully saturated rings. The number of ether oxygens (including phenoxy) is 3. The highest BCUT2D eigenvalue weighted by atomic mass is 16.5. The molecule has 0 unspecified atom stereocenters. The van der Waals surface area contributed by atoms with E-state index >= 15 is 0 Å². The van der Waals surface area contributed by atoms with E-state index in [4.69, 9.17) is 9.47 Å². The largest absolute Gasteiger partial charge is 0.494 e. The number of nitrogens with one attached hydrogen (secondary N) is 2. The molecule has 1 rings (SSSR count). The van der Waals surface area contributed by atoms with Crippen LogP contribution < -0.4 is 20.1 Å². The fraction of sp³-hybridized carbons (Fsp3) is 0.467. The molecule has 0 aromatic heterocycles. The second-order valence-corrected chi connectivity index (χ2v) is 4.19. The van der Waals surface area contributed by atoms with Gasteiger partial charge in [-0.05, 0) is 38.1 Å². The average Bonchev–Trinajstić information content (AvgIpc) is 2.51. The van der Waals surface area contributed by atoms with Gasteiger partial charge in [0.1, 0.15) is 11.5 Å². The minimum atomic E-state index is -0.498. The minimum absolute atomic E-state index is 0.0899. The first-order valence-corrected chi connectivity index (χ1v) is 7.18. The summed E-state index contributed by atoms with van der Waals surface area (Å²) in [6, 6.07) is 7.03. The third-order valence-corrected chi connectivity index (χ3v) is 2.50. The summed E-state index contributed by atoms with van der Waals surface area (Å²) in [5.74, 6) is 1.08. The molecule has 22 heavy (non-hydrogen) atoms. The lowest BCUT2D eigenvalue weighted by molar-refractivity contribution is -0.123. The van der Waals surface area contributed by atoms with E-state index in [1.807, 2.05) is 6.92 Å². The van der Waals surface area contributed by atoms with Crippen molar-refractivity contribution < 1.29 is 23.8 Å². The van der Waals surface area contributed by atoms with Crippen LogP contribution in [0.1, 0.15) is 13.8 Å². The van der Waals surface area contributed by atoms with Crippen LogP contribution in [0.25, 0.3) is 0 Å². The van der Waals surface area contributed by atoms with Crippen molar-refractivity contribution >= 4 is 12.0 Å². The number of hydrogen-bond donors (Lipinski definition) is 2. The summed E-state index contributed by atoms with van der Waals surface area (Å²) < 4.78 is 15.3. The Kier molecular flexibility index (Phi) is 8.25. The molecular formula is C15H22N2O5. The van der Waals surface area contributed by atoms with Crippen LogP contribution in [0.2, 0.25) is 0 Å². The number of carbonyl (C=O) groups is 2. The molecule has 0 atom stereocenters. The molecule has 7 nitrogen and oxygen atoms in total. The molecule has 0 spiro atoms. The number of hydrogen-bond acceptors (Lipinski definition) is 5. The highest BCUT2D eigenvalue weighted by Crippen LogP contribution is 2.17. The zero-order valence-corrected chi connectivity index (χ0v) is 12.9. The predicted octanol–water partition coefficient (Wildman–Crippen LogP) is 1.33. The Morgan fingerprint density at radius 3 is 2.09 bits per heavy atom. The first kappa shape index (κ1) is 17.6. The third-order valence-electron chi connectivity index (χ3n) is 2.50. The van der Waals surface area contributed by atoms with Gasteiger partial charge in [0.05, 0.1) is 13.2 Å². The molecule has 1 aromatic rings. The molecule has 0 bridgehead atoms. The molecule has 0 aliphatic carbocycles. The van der Waals surface area contributed by atoms with Crippen LogP contribution in [0.15, 0.2) is 24.3 Å². The molecule has 2 N–H and O–H groups in total. The van der Waals surface area contributed by atoms with Crippen LogP contribution in [0, 0.1) is 0 Å². The first-order chi connectivity index (χ1) is 10.7. The zero-order valence-electron chi connectivity index (χ0n) is 12.9. The van der Waals surface area contributed by atoms with Gasteiger partial charge in [-0.15, -0.1) is 0 Å². The lowest BCUT2D eigenvalue weighted by Crippen LogP contribution is -2.37. The normalized spacial score (nSPS) is 9.73. The van der Waals surface area contributed by atoms with E-state index in [1.165, 1.54) is 0 Å². The van der Waals surface area contributed by atoms with E-state index in [0.717, 1.165) is 5.75 Å². The van der Waals surface area contributed by atoms with Crippen LogP contribution in [-0.2, 0) is 9.53 Å². The Bertz CT molecular complexity index is 462. The lowest BCUT2D eigenvalue weighted by Gasteiger charge is -2.09. The maximum absolute atomic E-state index is 11.6. The Hall–Kier alpha value is -2.44. The van der Waals surface area contributed by atoms with E-state index in [9.17, 15) is 9.59 Å². The summed E-state index contributed by atoms with van der Waals surface area (Å²) in [4.78, 5) is 22.5. The van der Waals surface area contributed by atoms with Crippen molar-refractivity contribution in [2.45, 2.75) is 13.8 Å². The molecule has 122 valence electrons. The van der Waals surface area contributed by atoms with Gasteiger partial charge in [-0.3, -0.25) is 4.79 Å². The summed E-state index contributed by atoms with van der Waals surface area (Å²) in [7, 11) is 0. The minimum Gasteiger partial charge on any atom is -0.494 e. The third kappa shape index (κ3) is 7.37. The standard InChI is InChI=1S/C15H22N2O5/c1-3-20-12-5-7-13(8-6-12)22-11-14(18)16-9-10-17-15(19)21-4-2/h5-8H,3-4,9-11H2,1-2H3,(H,16,18)(H,17,19). The molecular weight excluding hydrogens is 288 g/mol. The van der Waals surface area contributed by atoms with Crippen molar-refractivity contribution in [3.8, 4) is 11.5 Å². The first-order valence-electron chi connectivity index (χ1n) is 7.18. The number of alkyl carbamates (subject to hydrolysis) is 1. The fourth-order valence-corrected chi connectivity index (χ4v) is 1.55. The van der Waals surface area contributed by atoms with Crippen molar-refractivity contribution in [1.82, 2.24) is 10.6 Å². The second-order valence-electron chi connectivity index (χ2n) is 4.19. The predicted molar refractivity (Wildman–Crippen MR) is 81.1 cm³/mol. The van der Waals surface area contributed by atoms with Gasteiger partial charge in [0, 0.05) is 13.1 Å². The van der Waals surface area contributed by atoms with E-state index in [0.29, 0.717) is 32.1 Å². The summed E-state index contributed by atoms with van der Waals surface area (Å²) in [5.41, 5.74) is 0. The molecule has 0 saturated carbocycles. The molecule has 0 aliphatic heterocycles. The van der Waals surface area contributed by atoms with E-state index in [2.05, 4.69) is 15.4 Å². The Balaban J connectivity index is 2.16. The Morgan fingerprint density at radius 2 is 1.50 bits per heavy atom. The van der Waals surface area contributed by atoms with Gasteiger partial charge in [0.2, 0.25) is 0 Å². The van der Waals surface area contributed by atoms with Gasteiger partial charge >= 0.3 is 6.09 Å². The van der Waals surface area contributed by atoms with E-state index in [-0.39, 0.29) is 12.5 Å². The zero-order chi connectivity index (χ0) is 16.2. The van der Waals surface area contributed by atoms with Crippen molar-refractivity contribution in [1.29, 1.82) is 0 Å². The Labute approximate surface area is 129 Å². The van der Waals surface area contributed by atoms with Crippen LogP contribution in [0.3, 0.4) is 0 Å². The molecule has 0 heterocycles. The monoisotopic (exact) mass is 310 g/mol. The maximum atomic E-state index is 11.6. The molecule has 0 saturated heterocycles. The molecule has 0 radical (unpaired) electrons. The van der Waals surface area contributed by atoms with Crippen LogP contribution in [-0.4, -0.2) is 44.9 Å². The SMILES string of the molecule is CCOC(=O)NCCNC(=O)COc1ccc(OCC)cc1. The van der Waals surface area contributed by atoms with E-state index < -0.39 is 6.09 Å². The highest BCUT2D eigenvalue weighted by molar-refractivity contribution is 5.77. The van der Waals surface area contributed by atoms with Crippen molar-refractivity contribution in [3.05, 3.63) is 24.3 Å². The van der Waals surface area contributed by atoms with Gasteiger partial charge in [-0.25, -0.2) is 4.79 Å². The molecule has 0 aliphatic rings. The fourth-order valence-electron chi connectivity index (χ4n) is 1.55. The van der Waals surface area contributed by atoms with E-state index in [1.54, 1.807) is 31.2 Å². The molecule has 7 heteroatoms. The van der Waals surface area contributed by atoms with Crippen molar-refractivity contribution in [2.75, 3.05) is 32.9 Å². The quantitative estimate of drug-likeness (QED) is 0.672. The van der Waals surface area contributed by atoms with Crippen LogP contribution in [0.4, 0.5) is 4.79 Å². The smallest absolute Gasteiger partial charge is 0.407 e. The van der Waals surface area contributed by atoms with Crippen LogP contribution in [0.5, 0.6) is 11.5 Å². The highest BCUT2D eigenvalue weighted by Gasteiger charge is 2.04. The summed E-state index contributed by atoms with van der Waals surface area (Å²) in [6.07, 6.45) is -0.498. The van der Waals surface area contributed by atoms with Gasteiger partial charge in [-0.2, -0.15) is 0 Å². The summed E-state index contributed by atoms with van der Waals surface area (Å²) >= 11 is 0. The summed E-state index contributed by atoms with van der Waals surface area (Å²) in [6.45, 7) is 5.06. The number of amides is 2.